The van der Waals surface area contributed by atoms with Crippen molar-refractivity contribution in [2.24, 2.45) is 0 Å². The van der Waals surface area contributed by atoms with Crippen molar-refractivity contribution in [3.8, 4) is 0 Å². The highest BCUT2D eigenvalue weighted by Crippen LogP contribution is 2.37. The molecule has 0 aliphatic carbocycles. The number of carbonyl (C=O) groups excluding carboxylic acids is 2. The molecule has 2 N–H and O–H groups in total. The molecule has 4 aromatic carbocycles. The molecule has 0 unspecified atom stereocenters. The summed E-state index contributed by atoms with van der Waals surface area (Å²) in [4.78, 5) is 24.5. The van der Waals surface area contributed by atoms with Gasteiger partial charge in [-0.3, -0.25) is 9.59 Å². The molecule has 1 fully saturated rings. The summed E-state index contributed by atoms with van der Waals surface area (Å²) in [6, 6.07) is 20.1. The molecule has 6 nitrogen and oxygen atoms in total. The van der Waals surface area contributed by atoms with Crippen LogP contribution in [0.3, 0.4) is 0 Å². The van der Waals surface area contributed by atoms with Gasteiger partial charge in [0, 0.05) is 26.1 Å². The minimum absolute atomic E-state index is 0.274. The van der Waals surface area contributed by atoms with Gasteiger partial charge in [0.2, 0.25) is 0 Å². The summed E-state index contributed by atoms with van der Waals surface area (Å²) in [6.45, 7) is 15.3. The predicted molar refractivity (Wildman–Crippen MR) is 189 cm³/mol. The number of rotatable bonds is 5. The Morgan fingerprint density at radius 2 is 1.04 bits per heavy atom. The van der Waals surface area contributed by atoms with Crippen LogP contribution in [0.4, 0.5) is 20.2 Å². The number of carbonyl (C=O) groups is 2. The maximum Gasteiger partial charge on any atom is 0.495 e. The van der Waals surface area contributed by atoms with Crippen molar-refractivity contribution in [3.63, 3.8) is 0 Å². The fourth-order valence-corrected chi connectivity index (χ4v) is 5.00. The normalized spacial score (nSPS) is 14.7. The molecule has 0 bridgehead atoms. The molecule has 46 heavy (non-hydrogen) atoms. The first-order chi connectivity index (χ1) is 21.5. The molecule has 5 rings (SSSR count). The van der Waals surface area contributed by atoms with Crippen molar-refractivity contribution in [1.29, 1.82) is 0 Å². The lowest BCUT2D eigenvalue weighted by atomic mass is 9.76. The van der Waals surface area contributed by atoms with Crippen LogP contribution < -0.4 is 16.1 Å². The SMILES string of the molecule is Cc1ccc(C(=O)Nc2ccc(C)c(B3OC(C)(C)C(C)(C)O3)c2)cc1F.Cc1ccc(C(=O)Nc2ccc(C)c(I)c2)cc1F. The maximum absolute atomic E-state index is 13.7. The first kappa shape index (κ1) is 35.3. The van der Waals surface area contributed by atoms with Gasteiger partial charge < -0.3 is 19.9 Å². The van der Waals surface area contributed by atoms with Crippen LogP contribution in [-0.4, -0.2) is 30.1 Å². The molecule has 1 aliphatic heterocycles. The van der Waals surface area contributed by atoms with E-state index in [0.29, 0.717) is 28.1 Å². The van der Waals surface area contributed by atoms with E-state index in [0.717, 1.165) is 20.2 Å². The monoisotopic (exact) mass is 738 g/mol. The molecular weight excluding hydrogens is 700 g/mol. The highest BCUT2D eigenvalue weighted by molar-refractivity contribution is 14.1. The summed E-state index contributed by atoms with van der Waals surface area (Å²) < 4.78 is 40.5. The van der Waals surface area contributed by atoms with E-state index in [2.05, 4.69) is 33.2 Å². The summed E-state index contributed by atoms with van der Waals surface area (Å²) in [5.41, 5.74) is 5.08. The maximum atomic E-state index is 13.7. The number of nitrogens with one attached hydrogen (secondary N) is 2. The van der Waals surface area contributed by atoms with Crippen LogP contribution in [-0.2, 0) is 9.31 Å². The fraction of sp³-hybridized carbons (Fsp3) is 0.278. The van der Waals surface area contributed by atoms with Crippen LogP contribution in [0, 0.1) is 42.9 Å². The Morgan fingerprint density at radius 3 is 1.48 bits per heavy atom. The Balaban J connectivity index is 0.000000222. The van der Waals surface area contributed by atoms with Crippen LogP contribution in [0.1, 0.15) is 70.7 Å². The molecule has 2 amide bonds. The van der Waals surface area contributed by atoms with E-state index < -0.39 is 24.1 Å². The number of aryl methyl sites for hydroxylation is 4. The van der Waals surface area contributed by atoms with Crippen LogP contribution >= 0.6 is 22.6 Å². The Kier molecular flexibility index (Phi) is 10.7. The van der Waals surface area contributed by atoms with Gasteiger partial charge in [-0.15, -0.1) is 0 Å². The molecule has 0 saturated carbocycles. The first-order valence-electron chi connectivity index (χ1n) is 14.8. The third-order valence-electron chi connectivity index (χ3n) is 8.34. The number of hydrogen-bond donors (Lipinski definition) is 2. The van der Waals surface area contributed by atoms with Gasteiger partial charge in [0.15, 0.2) is 0 Å². The molecule has 10 heteroatoms. The lowest BCUT2D eigenvalue weighted by Crippen LogP contribution is -2.41. The molecule has 0 aromatic heterocycles. The molecule has 1 heterocycles. The molecule has 0 radical (unpaired) electrons. The fourth-order valence-electron chi connectivity index (χ4n) is 4.49. The molecule has 4 aromatic rings. The topological polar surface area (TPSA) is 76.7 Å². The van der Waals surface area contributed by atoms with Crippen LogP contribution in [0.2, 0.25) is 0 Å². The highest BCUT2D eigenvalue weighted by Gasteiger charge is 2.52. The second kappa shape index (κ2) is 14.0. The van der Waals surface area contributed by atoms with Crippen molar-refractivity contribution >= 4 is 58.4 Å². The third kappa shape index (κ3) is 8.21. The Bertz CT molecular complexity index is 1780. The van der Waals surface area contributed by atoms with Gasteiger partial charge in [-0.25, -0.2) is 8.78 Å². The lowest BCUT2D eigenvalue weighted by Gasteiger charge is -2.32. The van der Waals surface area contributed by atoms with Gasteiger partial charge >= 0.3 is 7.12 Å². The van der Waals surface area contributed by atoms with Crippen molar-refractivity contribution < 1.29 is 27.7 Å². The average Bonchev–Trinajstić information content (AvgIpc) is 3.21. The van der Waals surface area contributed by atoms with E-state index in [1.54, 1.807) is 38.1 Å². The second-order valence-electron chi connectivity index (χ2n) is 12.5. The summed E-state index contributed by atoms with van der Waals surface area (Å²) >= 11 is 2.21. The van der Waals surface area contributed by atoms with E-state index in [-0.39, 0.29) is 23.2 Å². The summed E-state index contributed by atoms with van der Waals surface area (Å²) in [6.07, 6.45) is 0. The summed E-state index contributed by atoms with van der Waals surface area (Å²) in [7, 11) is -0.510. The minimum Gasteiger partial charge on any atom is -0.399 e. The Morgan fingerprint density at radius 1 is 0.630 bits per heavy atom. The Hall–Kier alpha value is -3.61. The lowest BCUT2D eigenvalue weighted by molar-refractivity contribution is 0.00578. The molecule has 1 aliphatic rings. The largest absolute Gasteiger partial charge is 0.495 e. The summed E-state index contributed by atoms with van der Waals surface area (Å²) in [5, 5.41) is 5.58. The number of amides is 2. The zero-order chi connectivity index (χ0) is 34.0. The zero-order valence-corrected chi connectivity index (χ0v) is 29.4. The van der Waals surface area contributed by atoms with E-state index in [1.807, 2.05) is 77.9 Å². The molecular formula is C36H38BF2IN2O4. The predicted octanol–water partition coefficient (Wildman–Crippen LogP) is 8.29. The number of anilines is 2. The Labute approximate surface area is 283 Å². The first-order valence-corrected chi connectivity index (χ1v) is 15.9. The number of hydrogen-bond acceptors (Lipinski definition) is 4. The van der Waals surface area contributed by atoms with Crippen molar-refractivity contribution in [3.05, 3.63) is 121 Å². The van der Waals surface area contributed by atoms with Gasteiger partial charge in [-0.05, 0) is 149 Å². The van der Waals surface area contributed by atoms with Crippen LogP contribution in [0.5, 0.6) is 0 Å². The van der Waals surface area contributed by atoms with Crippen molar-refractivity contribution in [2.75, 3.05) is 10.6 Å². The molecule has 240 valence electrons. The number of halogens is 3. The van der Waals surface area contributed by atoms with Gasteiger partial charge in [0.05, 0.1) is 11.2 Å². The number of benzene rings is 4. The quantitative estimate of drug-likeness (QED) is 0.160. The van der Waals surface area contributed by atoms with Crippen LogP contribution in [0.25, 0.3) is 0 Å². The minimum atomic E-state index is -0.510. The van der Waals surface area contributed by atoms with Gasteiger partial charge in [0.25, 0.3) is 11.8 Å². The van der Waals surface area contributed by atoms with Gasteiger partial charge in [-0.2, -0.15) is 0 Å². The molecule has 0 spiro atoms. The van der Waals surface area contributed by atoms with Crippen LogP contribution in [0.15, 0.2) is 72.8 Å². The van der Waals surface area contributed by atoms with Gasteiger partial charge in [-0.1, -0.05) is 29.8 Å². The third-order valence-corrected chi connectivity index (χ3v) is 9.50. The van der Waals surface area contributed by atoms with E-state index in [4.69, 9.17) is 9.31 Å². The molecule has 1 saturated heterocycles. The van der Waals surface area contributed by atoms with Crippen molar-refractivity contribution in [2.45, 2.75) is 66.6 Å². The molecule has 0 atom stereocenters. The van der Waals surface area contributed by atoms with Crippen molar-refractivity contribution in [1.82, 2.24) is 0 Å². The standard InChI is InChI=1S/C21H25BFNO3.C15H13FINO/c1-13-8-10-16(24-19(25)15-9-7-14(2)18(23)11-15)12-17(13)22-26-20(3,4)21(5,6)27-22;1-9-3-5-11(7-13(9)16)15(19)18-12-6-4-10(2)14(17)8-12/h7-12H,1-6H3,(H,24,25);3-8H,1-2H3,(H,18,19). The zero-order valence-electron chi connectivity index (χ0n) is 27.3. The van der Waals surface area contributed by atoms with Gasteiger partial charge in [0.1, 0.15) is 11.6 Å². The highest BCUT2D eigenvalue weighted by atomic mass is 127. The van der Waals surface area contributed by atoms with E-state index in [9.17, 15) is 18.4 Å². The second-order valence-corrected chi connectivity index (χ2v) is 13.6. The van der Waals surface area contributed by atoms with E-state index in [1.165, 1.54) is 12.1 Å². The average molecular weight is 738 g/mol. The smallest absolute Gasteiger partial charge is 0.399 e. The summed E-state index contributed by atoms with van der Waals surface area (Å²) in [5.74, 6) is -1.44. The van der Waals surface area contributed by atoms with E-state index >= 15 is 0 Å².